The second-order valence-electron chi connectivity index (χ2n) is 6.64. The Hall–Kier alpha value is -2.17. The van der Waals surface area contributed by atoms with Crippen molar-refractivity contribution in [1.29, 1.82) is 0 Å². The van der Waals surface area contributed by atoms with Crippen LogP contribution in [0.5, 0.6) is 0 Å². The Balaban J connectivity index is 1.96. The van der Waals surface area contributed by atoms with Gasteiger partial charge in [-0.05, 0) is 64.2 Å². The molecule has 0 aliphatic carbocycles. The fourth-order valence-corrected chi connectivity index (χ4v) is 3.32. The molecule has 0 amide bonds. The van der Waals surface area contributed by atoms with Gasteiger partial charge in [-0.2, -0.15) is 4.98 Å². The van der Waals surface area contributed by atoms with Crippen LogP contribution >= 0.6 is 0 Å². The number of aromatic nitrogens is 3. The van der Waals surface area contributed by atoms with E-state index in [-0.39, 0.29) is 0 Å². The van der Waals surface area contributed by atoms with Gasteiger partial charge in [0.2, 0.25) is 5.95 Å². The van der Waals surface area contributed by atoms with Gasteiger partial charge in [-0.1, -0.05) is 6.92 Å². The van der Waals surface area contributed by atoms with Crippen molar-refractivity contribution in [3.8, 4) is 0 Å². The fourth-order valence-electron chi connectivity index (χ4n) is 3.32. The normalized spacial score (nSPS) is 14.3. The molecule has 0 aromatic carbocycles. The van der Waals surface area contributed by atoms with E-state index in [4.69, 9.17) is 4.98 Å². The first kappa shape index (κ1) is 16.7. The molecule has 5 nitrogen and oxygen atoms in total. The van der Waals surface area contributed by atoms with Crippen molar-refractivity contribution in [2.24, 2.45) is 0 Å². The van der Waals surface area contributed by atoms with Gasteiger partial charge in [0.1, 0.15) is 11.6 Å². The molecule has 0 radical (unpaired) electrons. The van der Waals surface area contributed by atoms with Crippen molar-refractivity contribution in [1.82, 2.24) is 15.0 Å². The molecule has 2 aromatic heterocycles. The summed E-state index contributed by atoms with van der Waals surface area (Å²) in [5.41, 5.74) is 5.81. The molecule has 1 N–H and O–H groups in total. The van der Waals surface area contributed by atoms with E-state index in [1.807, 2.05) is 6.92 Å². The van der Waals surface area contributed by atoms with Gasteiger partial charge in [0.15, 0.2) is 0 Å². The van der Waals surface area contributed by atoms with Gasteiger partial charge in [0, 0.05) is 30.0 Å². The van der Waals surface area contributed by atoms with Gasteiger partial charge in [-0.15, -0.1) is 0 Å². The van der Waals surface area contributed by atoms with Gasteiger partial charge in [0.25, 0.3) is 0 Å². The summed E-state index contributed by atoms with van der Waals surface area (Å²) >= 11 is 0. The molecular formula is C19H27N5. The van der Waals surface area contributed by atoms with E-state index >= 15 is 0 Å². The molecule has 0 spiro atoms. The lowest BCUT2D eigenvalue weighted by Gasteiger charge is -2.21. The van der Waals surface area contributed by atoms with E-state index in [9.17, 15) is 0 Å². The quantitative estimate of drug-likeness (QED) is 0.920. The van der Waals surface area contributed by atoms with Crippen molar-refractivity contribution in [2.75, 3.05) is 23.3 Å². The Labute approximate surface area is 144 Å². The lowest BCUT2D eigenvalue weighted by molar-refractivity contribution is 0.889. The van der Waals surface area contributed by atoms with Crippen molar-refractivity contribution in [2.45, 2.75) is 53.9 Å². The third-order valence-electron chi connectivity index (χ3n) is 4.97. The van der Waals surface area contributed by atoms with Crippen LogP contribution in [0.15, 0.2) is 6.07 Å². The van der Waals surface area contributed by atoms with E-state index in [0.717, 1.165) is 42.5 Å². The Bertz CT molecular complexity index is 725. The second kappa shape index (κ2) is 6.75. The predicted molar refractivity (Wildman–Crippen MR) is 99.3 cm³/mol. The maximum atomic E-state index is 4.83. The second-order valence-corrected chi connectivity index (χ2v) is 6.64. The highest BCUT2D eigenvalue weighted by Gasteiger charge is 2.20. The average molecular weight is 325 g/mol. The van der Waals surface area contributed by atoms with Crippen molar-refractivity contribution >= 4 is 17.6 Å². The summed E-state index contributed by atoms with van der Waals surface area (Å²) in [6.07, 6.45) is 3.44. The summed E-state index contributed by atoms with van der Waals surface area (Å²) in [5.74, 6) is 2.54. The SMILES string of the molecule is CCc1c(C)nc(Nc2cc(C)c(C)c(C)n2)nc1N1CCCC1. The molecule has 2 aromatic rings. The van der Waals surface area contributed by atoms with Crippen LogP contribution in [0.25, 0.3) is 0 Å². The van der Waals surface area contributed by atoms with Crippen molar-refractivity contribution in [3.63, 3.8) is 0 Å². The van der Waals surface area contributed by atoms with Crippen LogP contribution < -0.4 is 10.2 Å². The highest BCUT2D eigenvalue weighted by Crippen LogP contribution is 2.27. The molecule has 3 heterocycles. The number of pyridine rings is 1. The van der Waals surface area contributed by atoms with Gasteiger partial charge in [-0.3, -0.25) is 0 Å². The van der Waals surface area contributed by atoms with Crippen LogP contribution in [0.3, 0.4) is 0 Å². The summed E-state index contributed by atoms with van der Waals surface area (Å²) in [5, 5.41) is 3.31. The number of anilines is 3. The Morgan fingerprint density at radius 1 is 1.00 bits per heavy atom. The van der Waals surface area contributed by atoms with Gasteiger partial charge >= 0.3 is 0 Å². The molecule has 24 heavy (non-hydrogen) atoms. The monoisotopic (exact) mass is 325 g/mol. The van der Waals surface area contributed by atoms with Crippen LogP contribution in [0.4, 0.5) is 17.6 Å². The zero-order valence-electron chi connectivity index (χ0n) is 15.4. The molecule has 0 saturated carbocycles. The highest BCUT2D eigenvalue weighted by molar-refractivity contribution is 5.57. The van der Waals surface area contributed by atoms with E-state index in [0.29, 0.717) is 5.95 Å². The lowest BCUT2D eigenvalue weighted by atomic mass is 10.1. The minimum Gasteiger partial charge on any atom is -0.356 e. The van der Waals surface area contributed by atoms with Gasteiger partial charge < -0.3 is 10.2 Å². The van der Waals surface area contributed by atoms with Gasteiger partial charge in [-0.25, -0.2) is 9.97 Å². The summed E-state index contributed by atoms with van der Waals surface area (Å²) in [7, 11) is 0. The van der Waals surface area contributed by atoms with Crippen LogP contribution in [0.1, 0.15) is 47.8 Å². The largest absolute Gasteiger partial charge is 0.356 e. The Kier molecular flexibility index (Phi) is 4.69. The molecular weight excluding hydrogens is 298 g/mol. The van der Waals surface area contributed by atoms with E-state index in [1.165, 1.54) is 29.5 Å². The lowest BCUT2D eigenvalue weighted by Crippen LogP contribution is -2.22. The van der Waals surface area contributed by atoms with Crippen molar-refractivity contribution in [3.05, 3.63) is 34.1 Å². The minimum atomic E-state index is 0.641. The zero-order chi connectivity index (χ0) is 17.3. The van der Waals surface area contributed by atoms with Crippen LogP contribution in [0.2, 0.25) is 0 Å². The number of rotatable bonds is 4. The maximum Gasteiger partial charge on any atom is 0.230 e. The van der Waals surface area contributed by atoms with E-state index < -0.39 is 0 Å². The highest BCUT2D eigenvalue weighted by atomic mass is 15.2. The summed E-state index contributed by atoms with van der Waals surface area (Å²) in [6.45, 7) is 12.7. The average Bonchev–Trinajstić information content (AvgIpc) is 3.06. The minimum absolute atomic E-state index is 0.641. The molecule has 0 atom stereocenters. The molecule has 1 saturated heterocycles. The molecule has 3 rings (SSSR count). The first-order valence-electron chi connectivity index (χ1n) is 8.84. The topological polar surface area (TPSA) is 53.9 Å². The molecule has 1 aliphatic heterocycles. The van der Waals surface area contributed by atoms with Crippen molar-refractivity contribution < 1.29 is 0 Å². The predicted octanol–water partition coefficient (Wildman–Crippen LogP) is 4.01. The number of hydrogen-bond donors (Lipinski definition) is 1. The van der Waals surface area contributed by atoms with Gasteiger partial charge in [0.05, 0.1) is 0 Å². The Morgan fingerprint density at radius 3 is 2.33 bits per heavy atom. The summed E-state index contributed by atoms with van der Waals surface area (Å²) in [4.78, 5) is 16.5. The molecule has 1 fully saturated rings. The standard InChI is InChI=1S/C19H27N5/c1-6-16-15(5)21-19(23-18(16)24-9-7-8-10-24)22-17-11-12(2)13(3)14(4)20-17/h11H,6-10H2,1-5H3,(H,20,21,22,23). The molecule has 1 aliphatic rings. The van der Waals surface area contributed by atoms with E-state index in [1.54, 1.807) is 0 Å². The third-order valence-corrected chi connectivity index (χ3v) is 4.97. The third kappa shape index (κ3) is 3.21. The van der Waals surface area contributed by atoms with E-state index in [2.05, 4.69) is 53.9 Å². The van der Waals surface area contributed by atoms with Crippen LogP contribution in [-0.4, -0.2) is 28.0 Å². The fraction of sp³-hybridized carbons (Fsp3) is 0.526. The maximum absolute atomic E-state index is 4.83. The van der Waals surface area contributed by atoms with Crippen LogP contribution in [-0.2, 0) is 6.42 Å². The zero-order valence-corrected chi connectivity index (χ0v) is 15.4. The number of nitrogens with zero attached hydrogens (tertiary/aromatic N) is 4. The first-order chi connectivity index (χ1) is 11.5. The molecule has 0 unspecified atom stereocenters. The smallest absolute Gasteiger partial charge is 0.230 e. The summed E-state index contributed by atoms with van der Waals surface area (Å²) in [6, 6.07) is 2.06. The van der Waals surface area contributed by atoms with Crippen LogP contribution in [0, 0.1) is 27.7 Å². The molecule has 0 bridgehead atoms. The molecule has 5 heteroatoms. The first-order valence-corrected chi connectivity index (χ1v) is 8.84. The molecule has 128 valence electrons. The number of hydrogen-bond acceptors (Lipinski definition) is 5. The number of aryl methyl sites for hydroxylation is 3. The summed E-state index contributed by atoms with van der Waals surface area (Å²) < 4.78 is 0. The Morgan fingerprint density at radius 2 is 1.71 bits per heavy atom. The number of nitrogens with one attached hydrogen (secondary N) is 1.